The van der Waals surface area contributed by atoms with Gasteiger partial charge in [0.15, 0.2) is 10.9 Å². The van der Waals surface area contributed by atoms with Gasteiger partial charge >= 0.3 is 0 Å². The van der Waals surface area contributed by atoms with Crippen LogP contribution in [0.25, 0.3) is 27.5 Å². The van der Waals surface area contributed by atoms with Crippen LogP contribution in [-0.2, 0) is 0 Å². The van der Waals surface area contributed by atoms with Gasteiger partial charge in [0, 0.05) is 17.3 Å². The monoisotopic (exact) mass is 359 g/mol. The lowest BCUT2D eigenvalue weighted by molar-refractivity contribution is 0.724. The van der Waals surface area contributed by atoms with Gasteiger partial charge < -0.3 is 5.73 Å². The Bertz CT molecular complexity index is 1120. The average molecular weight is 359 g/mol. The van der Waals surface area contributed by atoms with Crippen LogP contribution in [0.2, 0.25) is 0 Å². The number of thiazole rings is 1. The number of benzene rings is 1. The van der Waals surface area contributed by atoms with Crippen LogP contribution >= 0.6 is 11.3 Å². The summed E-state index contributed by atoms with van der Waals surface area (Å²) < 4.78 is 0. The van der Waals surface area contributed by atoms with Gasteiger partial charge in [-0.2, -0.15) is 15.5 Å². The van der Waals surface area contributed by atoms with Crippen molar-refractivity contribution in [3.8, 4) is 33.6 Å². The Hall–Kier alpha value is -3.57. The van der Waals surface area contributed by atoms with Crippen LogP contribution in [0.5, 0.6) is 0 Å². The van der Waals surface area contributed by atoms with E-state index in [1.165, 1.54) is 16.1 Å². The minimum absolute atomic E-state index is 0.466. The molecule has 0 saturated heterocycles. The Morgan fingerprint density at radius 1 is 1.15 bits per heavy atom. The topological polar surface area (TPSA) is 106 Å². The predicted molar refractivity (Wildman–Crippen MR) is 99.6 cm³/mol. The van der Waals surface area contributed by atoms with E-state index in [4.69, 9.17) is 11.0 Å². The molecule has 26 heavy (non-hydrogen) atoms. The molecule has 1 aromatic carbocycles. The summed E-state index contributed by atoms with van der Waals surface area (Å²) in [5, 5.41) is 17.8. The van der Waals surface area contributed by atoms with Crippen LogP contribution in [0, 0.1) is 18.3 Å². The molecule has 0 radical (unpaired) electrons. The molecule has 7 nitrogen and oxygen atoms in total. The Morgan fingerprint density at radius 3 is 2.69 bits per heavy atom. The minimum Gasteiger partial charge on any atom is -0.375 e. The first-order valence-electron chi connectivity index (χ1n) is 7.76. The van der Waals surface area contributed by atoms with Crippen molar-refractivity contribution in [2.45, 2.75) is 6.92 Å². The van der Waals surface area contributed by atoms with Gasteiger partial charge in [-0.05, 0) is 30.7 Å². The Balaban J connectivity index is 1.82. The van der Waals surface area contributed by atoms with Crippen LogP contribution in [0.4, 0.5) is 5.13 Å². The Labute approximate surface area is 153 Å². The van der Waals surface area contributed by atoms with Crippen LogP contribution in [0.3, 0.4) is 0 Å². The first-order valence-corrected chi connectivity index (χ1v) is 8.58. The second-order valence-electron chi connectivity index (χ2n) is 5.61. The van der Waals surface area contributed by atoms with Crippen molar-refractivity contribution < 1.29 is 0 Å². The lowest BCUT2D eigenvalue weighted by atomic mass is 10.0. The number of rotatable bonds is 3. The van der Waals surface area contributed by atoms with Crippen molar-refractivity contribution in [3.05, 3.63) is 60.0 Å². The zero-order valence-corrected chi connectivity index (χ0v) is 14.6. The molecule has 0 spiro atoms. The third kappa shape index (κ3) is 2.81. The lowest BCUT2D eigenvalue weighted by Gasteiger charge is -2.07. The van der Waals surface area contributed by atoms with Crippen molar-refractivity contribution in [1.29, 1.82) is 5.26 Å². The Kier molecular flexibility index (Phi) is 3.91. The van der Waals surface area contributed by atoms with Crippen LogP contribution < -0.4 is 5.73 Å². The molecule has 0 bridgehead atoms. The van der Waals surface area contributed by atoms with E-state index in [9.17, 15) is 0 Å². The molecule has 126 valence electrons. The SMILES string of the molecule is Cc1cc(-c2sc(N)nc2-c2cccc(C#N)c2)cnc1-n1nccn1. The fourth-order valence-corrected chi connectivity index (χ4v) is 3.53. The second kappa shape index (κ2) is 6.38. The summed E-state index contributed by atoms with van der Waals surface area (Å²) in [5.41, 5.74) is 9.98. The van der Waals surface area contributed by atoms with Crippen LogP contribution in [0.1, 0.15) is 11.1 Å². The molecular weight excluding hydrogens is 346 g/mol. The third-order valence-corrected chi connectivity index (χ3v) is 4.76. The number of hydrogen-bond donors (Lipinski definition) is 1. The number of aromatic nitrogens is 5. The molecule has 0 saturated carbocycles. The van der Waals surface area contributed by atoms with Gasteiger partial charge in [0.25, 0.3) is 0 Å². The number of nitrogens with zero attached hydrogens (tertiary/aromatic N) is 6. The second-order valence-corrected chi connectivity index (χ2v) is 6.64. The average Bonchev–Trinajstić information content (AvgIpc) is 3.31. The number of anilines is 1. The fraction of sp³-hybridized carbons (Fsp3) is 0.0556. The van der Waals surface area contributed by atoms with E-state index in [1.807, 2.05) is 25.1 Å². The number of nitrogens with two attached hydrogens (primary N) is 1. The Morgan fingerprint density at radius 2 is 1.96 bits per heavy atom. The van der Waals surface area contributed by atoms with Gasteiger partial charge in [-0.25, -0.2) is 9.97 Å². The van der Waals surface area contributed by atoms with Crippen molar-refractivity contribution in [2.75, 3.05) is 5.73 Å². The molecule has 0 atom stereocenters. The molecule has 3 heterocycles. The van der Waals surface area contributed by atoms with Crippen molar-refractivity contribution in [2.24, 2.45) is 0 Å². The molecule has 4 aromatic rings. The van der Waals surface area contributed by atoms with Crippen LogP contribution in [0.15, 0.2) is 48.9 Å². The van der Waals surface area contributed by atoms with Gasteiger partial charge in [0.2, 0.25) is 0 Å². The first kappa shape index (κ1) is 15.9. The van der Waals surface area contributed by atoms with Gasteiger partial charge in [0.05, 0.1) is 34.6 Å². The highest BCUT2D eigenvalue weighted by molar-refractivity contribution is 7.19. The number of nitrogen functional groups attached to an aromatic ring is 1. The summed E-state index contributed by atoms with van der Waals surface area (Å²) in [7, 11) is 0. The van der Waals surface area contributed by atoms with Crippen molar-refractivity contribution >= 4 is 16.5 Å². The number of pyridine rings is 1. The highest BCUT2D eigenvalue weighted by Crippen LogP contribution is 2.38. The molecule has 2 N–H and O–H groups in total. The molecule has 3 aromatic heterocycles. The van der Waals surface area contributed by atoms with Crippen LogP contribution in [-0.4, -0.2) is 25.0 Å². The van der Waals surface area contributed by atoms with E-state index in [0.29, 0.717) is 16.5 Å². The largest absolute Gasteiger partial charge is 0.375 e. The van der Waals surface area contributed by atoms with Crippen molar-refractivity contribution in [3.63, 3.8) is 0 Å². The fourth-order valence-electron chi connectivity index (χ4n) is 2.69. The maximum absolute atomic E-state index is 9.14. The highest BCUT2D eigenvalue weighted by atomic mass is 32.1. The standard InChI is InChI=1S/C18H13N7S/c1-11-7-14(10-21-17(11)25-22-5-6-23-25)16-15(24-18(20)26-16)13-4-2-3-12(8-13)9-19/h2-8,10H,1H3,(H2,20,24). The van der Waals surface area contributed by atoms with Gasteiger partial charge in [-0.1, -0.05) is 23.5 Å². The van der Waals surface area contributed by atoms with E-state index in [1.54, 1.807) is 30.7 Å². The lowest BCUT2D eigenvalue weighted by Crippen LogP contribution is -2.04. The van der Waals surface area contributed by atoms with Gasteiger partial charge in [-0.15, -0.1) is 4.80 Å². The minimum atomic E-state index is 0.466. The van der Waals surface area contributed by atoms with Gasteiger partial charge in [0.1, 0.15) is 0 Å². The maximum Gasteiger partial charge on any atom is 0.181 e. The molecular formula is C18H13N7S. The summed E-state index contributed by atoms with van der Waals surface area (Å²) in [6.45, 7) is 1.95. The molecule has 0 unspecified atom stereocenters. The summed E-state index contributed by atoms with van der Waals surface area (Å²) in [4.78, 5) is 11.4. The zero-order valence-electron chi connectivity index (χ0n) is 13.8. The van der Waals surface area contributed by atoms with E-state index >= 15 is 0 Å². The molecule has 0 aliphatic heterocycles. The molecule has 0 aliphatic carbocycles. The molecule has 8 heteroatoms. The molecule has 4 rings (SSSR count). The quantitative estimate of drug-likeness (QED) is 0.602. The summed E-state index contributed by atoms with van der Waals surface area (Å²) in [6.07, 6.45) is 4.98. The summed E-state index contributed by atoms with van der Waals surface area (Å²) in [6, 6.07) is 11.5. The number of aryl methyl sites for hydroxylation is 1. The summed E-state index contributed by atoms with van der Waals surface area (Å²) >= 11 is 1.39. The maximum atomic E-state index is 9.14. The van der Waals surface area contributed by atoms with E-state index in [0.717, 1.165) is 27.3 Å². The molecule has 0 aliphatic rings. The third-order valence-electron chi connectivity index (χ3n) is 3.83. The number of hydrogen-bond acceptors (Lipinski definition) is 7. The van der Waals surface area contributed by atoms with Crippen molar-refractivity contribution in [1.82, 2.24) is 25.0 Å². The van der Waals surface area contributed by atoms with Gasteiger partial charge in [-0.3, -0.25) is 0 Å². The normalized spacial score (nSPS) is 10.6. The molecule has 0 amide bonds. The van der Waals surface area contributed by atoms with E-state index in [2.05, 4.69) is 26.2 Å². The summed E-state index contributed by atoms with van der Waals surface area (Å²) in [5.74, 6) is 0.671. The highest BCUT2D eigenvalue weighted by Gasteiger charge is 2.16. The zero-order chi connectivity index (χ0) is 18.1. The predicted octanol–water partition coefficient (Wildman–Crippen LogP) is 3.22. The first-order chi connectivity index (χ1) is 12.7. The molecule has 0 fully saturated rings. The number of nitriles is 1. The van der Waals surface area contributed by atoms with E-state index in [-0.39, 0.29) is 0 Å². The smallest absolute Gasteiger partial charge is 0.181 e. The van der Waals surface area contributed by atoms with E-state index < -0.39 is 0 Å².